The first-order chi connectivity index (χ1) is 8.95. The maximum absolute atomic E-state index is 12.2. The number of carbonyl (C=O) groups is 1. The minimum atomic E-state index is -0.159. The highest BCUT2D eigenvalue weighted by molar-refractivity contribution is 6.33. The molecule has 0 aromatic carbocycles. The molecule has 5 heteroatoms. The molecule has 0 bridgehead atoms. The van der Waals surface area contributed by atoms with Crippen LogP contribution in [0.1, 0.15) is 44.5 Å². The summed E-state index contributed by atoms with van der Waals surface area (Å²) in [7, 11) is 0. The zero-order chi connectivity index (χ0) is 14.4. The van der Waals surface area contributed by atoms with E-state index in [1.807, 2.05) is 6.92 Å². The molecule has 0 spiro atoms. The van der Waals surface area contributed by atoms with Crippen LogP contribution in [0.5, 0.6) is 0 Å². The largest absolute Gasteiger partial charge is 0.370 e. The standard InChI is InChI=1S/C14H22ClN3O/c1-5-6-16-13-7-11(12(15)8-17-13)14(19)18-10(4)9(2)3/h7-10H,5-6H2,1-4H3,(H,16,17)(H,18,19). The number of halogens is 1. The summed E-state index contributed by atoms with van der Waals surface area (Å²) < 4.78 is 0. The van der Waals surface area contributed by atoms with Gasteiger partial charge in [0.25, 0.3) is 5.91 Å². The highest BCUT2D eigenvalue weighted by Crippen LogP contribution is 2.18. The SMILES string of the molecule is CCCNc1cc(C(=O)NC(C)C(C)C)c(Cl)cn1. The van der Waals surface area contributed by atoms with E-state index in [1.165, 1.54) is 6.20 Å². The number of hydrogen-bond acceptors (Lipinski definition) is 3. The number of anilines is 1. The first-order valence-electron chi connectivity index (χ1n) is 6.66. The van der Waals surface area contributed by atoms with Crippen LogP contribution in [-0.4, -0.2) is 23.5 Å². The van der Waals surface area contributed by atoms with Crippen LogP contribution in [0.4, 0.5) is 5.82 Å². The fourth-order valence-corrected chi connectivity index (χ4v) is 1.60. The number of nitrogens with zero attached hydrogens (tertiary/aromatic N) is 1. The highest BCUT2D eigenvalue weighted by atomic mass is 35.5. The fourth-order valence-electron chi connectivity index (χ4n) is 1.41. The maximum Gasteiger partial charge on any atom is 0.253 e. The van der Waals surface area contributed by atoms with Crippen molar-refractivity contribution in [2.45, 2.75) is 40.2 Å². The number of amides is 1. The number of aromatic nitrogens is 1. The first-order valence-corrected chi connectivity index (χ1v) is 7.03. The monoisotopic (exact) mass is 283 g/mol. The van der Waals surface area contributed by atoms with E-state index in [-0.39, 0.29) is 11.9 Å². The summed E-state index contributed by atoms with van der Waals surface area (Å²) in [4.78, 5) is 16.3. The first kappa shape index (κ1) is 15.8. The van der Waals surface area contributed by atoms with E-state index in [4.69, 9.17) is 11.6 Å². The van der Waals surface area contributed by atoms with Crippen LogP contribution < -0.4 is 10.6 Å². The van der Waals surface area contributed by atoms with Crippen molar-refractivity contribution in [1.82, 2.24) is 10.3 Å². The Morgan fingerprint density at radius 3 is 2.68 bits per heavy atom. The number of hydrogen-bond donors (Lipinski definition) is 2. The third-order valence-electron chi connectivity index (χ3n) is 3.01. The minimum absolute atomic E-state index is 0.101. The molecule has 0 saturated heterocycles. The van der Waals surface area contributed by atoms with Crippen molar-refractivity contribution in [2.75, 3.05) is 11.9 Å². The van der Waals surface area contributed by atoms with E-state index in [1.54, 1.807) is 6.07 Å². The van der Waals surface area contributed by atoms with Crippen LogP contribution in [0, 0.1) is 5.92 Å². The highest BCUT2D eigenvalue weighted by Gasteiger charge is 2.16. The topological polar surface area (TPSA) is 54.0 Å². The third-order valence-corrected chi connectivity index (χ3v) is 3.32. The predicted octanol–water partition coefficient (Wildman–Crippen LogP) is 3.33. The van der Waals surface area contributed by atoms with Gasteiger partial charge in [0.05, 0.1) is 10.6 Å². The summed E-state index contributed by atoms with van der Waals surface area (Å²) in [5, 5.41) is 6.45. The van der Waals surface area contributed by atoms with Gasteiger partial charge < -0.3 is 10.6 Å². The number of carbonyl (C=O) groups excluding carboxylic acids is 1. The van der Waals surface area contributed by atoms with Crippen molar-refractivity contribution in [1.29, 1.82) is 0 Å². The molecule has 1 amide bonds. The van der Waals surface area contributed by atoms with Gasteiger partial charge in [-0.15, -0.1) is 0 Å². The van der Waals surface area contributed by atoms with Crippen molar-refractivity contribution in [3.8, 4) is 0 Å². The molecule has 19 heavy (non-hydrogen) atoms. The Bertz CT molecular complexity index is 435. The molecular formula is C14H22ClN3O. The van der Waals surface area contributed by atoms with Crippen LogP contribution in [0.3, 0.4) is 0 Å². The molecule has 1 atom stereocenters. The fraction of sp³-hybridized carbons (Fsp3) is 0.571. The van der Waals surface area contributed by atoms with Gasteiger partial charge in [-0.2, -0.15) is 0 Å². The number of rotatable bonds is 6. The molecule has 0 aliphatic rings. The third kappa shape index (κ3) is 4.71. The average molecular weight is 284 g/mol. The molecule has 1 aromatic rings. The van der Waals surface area contributed by atoms with Gasteiger partial charge in [-0.1, -0.05) is 32.4 Å². The van der Waals surface area contributed by atoms with Crippen LogP contribution in [0.2, 0.25) is 5.02 Å². The lowest BCUT2D eigenvalue weighted by Gasteiger charge is -2.18. The molecule has 1 aromatic heterocycles. The summed E-state index contributed by atoms with van der Waals surface area (Å²) in [5.41, 5.74) is 0.461. The van der Waals surface area contributed by atoms with Crippen molar-refractivity contribution in [3.05, 3.63) is 22.8 Å². The summed E-state index contributed by atoms with van der Waals surface area (Å²) >= 11 is 6.04. The lowest BCUT2D eigenvalue weighted by atomic mass is 10.1. The van der Waals surface area contributed by atoms with E-state index >= 15 is 0 Å². The van der Waals surface area contributed by atoms with Gasteiger partial charge in [0.2, 0.25) is 0 Å². The summed E-state index contributed by atoms with van der Waals surface area (Å²) in [5.74, 6) is 0.893. The number of nitrogens with one attached hydrogen (secondary N) is 2. The van der Waals surface area contributed by atoms with E-state index in [0.29, 0.717) is 22.3 Å². The molecule has 0 radical (unpaired) electrons. The maximum atomic E-state index is 12.2. The predicted molar refractivity (Wildman–Crippen MR) is 79.8 cm³/mol. The lowest BCUT2D eigenvalue weighted by Crippen LogP contribution is -2.36. The number of pyridine rings is 1. The van der Waals surface area contributed by atoms with Gasteiger partial charge in [0.1, 0.15) is 5.82 Å². The Labute approximate surface area is 120 Å². The van der Waals surface area contributed by atoms with Crippen molar-refractivity contribution < 1.29 is 4.79 Å². The normalized spacial score (nSPS) is 12.3. The second-order valence-electron chi connectivity index (χ2n) is 4.98. The molecule has 0 fully saturated rings. The minimum Gasteiger partial charge on any atom is -0.370 e. The van der Waals surface area contributed by atoms with Crippen LogP contribution in [0.15, 0.2) is 12.3 Å². The van der Waals surface area contributed by atoms with Gasteiger partial charge in [-0.05, 0) is 25.3 Å². The Morgan fingerprint density at radius 1 is 1.42 bits per heavy atom. The molecule has 0 aliphatic carbocycles. The molecule has 106 valence electrons. The molecule has 0 saturated carbocycles. The van der Waals surface area contributed by atoms with Crippen LogP contribution >= 0.6 is 11.6 Å². The molecule has 1 rings (SSSR count). The van der Waals surface area contributed by atoms with Gasteiger partial charge in [0.15, 0.2) is 0 Å². The second-order valence-corrected chi connectivity index (χ2v) is 5.39. The van der Waals surface area contributed by atoms with E-state index < -0.39 is 0 Å². The Kier molecular flexibility index (Phi) is 6.09. The van der Waals surface area contributed by atoms with Crippen molar-refractivity contribution in [2.24, 2.45) is 5.92 Å². The average Bonchev–Trinajstić information content (AvgIpc) is 2.37. The lowest BCUT2D eigenvalue weighted by molar-refractivity contribution is 0.0930. The smallest absolute Gasteiger partial charge is 0.253 e. The van der Waals surface area contributed by atoms with E-state index in [9.17, 15) is 4.79 Å². The summed E-state index contributed by atoms with van der Waals surface area (Å²) in [6.45, 7) is 8.99. The molecule has 1 unspecified atom stereocenters. The molecule has 4 nitrogen and oxygen atoms in total. The quantitative estimate of drug-likeness (QED) is 0.842. The van der Waals surface area contributed by atoms with Crippen LogP contribution in [0.25, 0.3) is 0 Å². The van der Waals surface area contributed by atoms with Gasteiger partial charge >= 0.3 is 0 Å². The van der Waals surface area contributed by atoms with Gasteiger partial charge in [-0.3, -0.25) is 4.79 Å². The summed E-state index contributed by atoms with van der Waals surface area (Å²) in [6, 6.07) is 1.80. The van der Waals surface area contributed by atoms with E-state index in [0.717, 1.165) is 13.0 Å². The van der Waals surface area contributed by atoms with Gasteiger partial charge in [-0.25, -0.2) is 4.98 Å². The molecule has 1 heterocycles. The molecular weight excluding hydrogens is 262 g/mol. The van der Waals surface area contributed by atoms with Gasteiger partial charge in [0, 0.05) is 18.8 Å². The second kappa shape index (κ2) is 7.34. The van der Waals surface area contributed by atoms with E-state index in [2.05, 4.69) is 36.4 Å². The van der Waals surface area contributed by atoms with Crippen molar-refractivity contribution >= 4 is 23.3 Å². The molecule has 2 N–H and O–H groups in total. The zero-order valence-corrected chi connectivity index (χ0v) is 12.7. The zero-order valence-electron chi connectivity index (χ0n) is 12.0. The Morgan fingerprint density at radius 2 is 2.11 bits per heavy atom. The summed E-state index contributed by atoms with van der Waals surface area (Å²) in [6.07, 6.45) is 2.50. The molecule has 0 aliphatic heterocycles. The Hall–Kier alpha value is -1.29. The van der Waals surface area contributed by atoms with Crippen molar-refractivity contribution in [3.63, 3.8) is 0 Å². The Balaban J connectivity index is 2.83. The van der Waals surface area contributed by atoms with Crippen LogP contribution in [-0.2, 0) is 0 Å².